The molecule has 0 rings (SSSR count). The van der Waals surface area contributed by atoms with Gasteiger partial charge in [-0.05, 0) is 19.8 Å². The summed E-state index contributed by atoms with van der Waals surface area (Å²) in [5, 5.41) is -0.417. The van der Waals surface area contributed by atoms with Gasteiger partial charge in [0.05, 0.1) is 5.38 Å². The molecule has 10 heavy (non-hydrogen) atoms. The maximum atomic E-state index is 10.4. The molecule has 0 N–H and O–H groups in total. The van der Waals surface area contributed by atoms with Gasteiger partial charge in [-0.15, -0.1) is 11.6 Å². The van der Waals surface area contributed by atoms with Crippen molar-refractivity contribution in [1.29, 1.82) is 0 Å². The van der Waals surface area contributed by atoms with Gasteiger partial charge in [-0.25, -0.2) is 0 Å². The Morgan fingerprint density at radius 2 is 2.30 bits per heavy atom. The second-order valence-corrected chi connectivity index (χ2v) is 2.81. The normalized spacial score (nSPS) is 12.6. The van der Waals surface area contributed by atoms with Crippen molar-refractivity contribution >= 4 is 23.7 Å². The van der Waals surface area contributed by atoms with E-state index in [-0.39, 0.29) is 5.78 Å². The third kappa shape index (κ3) is 5.76. The van der Waals surface area contributed by atoms with Crippen LogP contribution in [0.3, 0.4) is 0 Å². The molecule has 2 nitrogen and oxygen atoms in total. The largest absolute Gasteiger partial charge is 0.302 e. The summed E-state index contributed by atoms with van der Waals surface area (Å²) < 4.78 is 0. The summed E-state index contributed by atoms with van der Waals surface area (Å²) in [4.78, 5) is 20.3. The van der Waals surface area contributed by atoms with Crippen molar-refractivity contribution in [2.24, 2.45) is 0 Å². The molecule has 0 bridgehead atoms. The highest BCUT2D eigenvalue weighted by Crippen LogP contribution is 2.04. The van der Waals surface area contributed by atoms with E-state index in [1.54, 1.807) is 0 Å². The molecular weight excluding hydrogens is 152 g/mol. The van der Waals surface area contributed by atoms with Crippen molar-refractivity contribution in [2.75, 3.05) is 0 Å². The third-order valence-corrected chi connectivity index (χ3v) is 1.48. The van der Waals surface area contributed by atoms with Crippen LogP contribution >= 0.6 is 11.6 Å². The number of carbonyl (C=O) groups is 2. The van der Waals surface area contributed by atoms with Crippen LogP contribution in [0.1, 0.15) is 26.2 Å². The van der Waals surface area contributed by atoms with Gasteiger partial charge >= 0.3 is 0 Å². The molecule has 0 saturated carbocycles. The minimum atomic E-state index is -0.417. The first-order valence-electron chi connectivity index (χ1n) is 3.25. The summed E-state index contributed by atoms with van der Waals surface area (Å²) in [7, 11) is 0. The van der Waals surface area contributed by atoms with Gasteiger partial charge in [0.15, 0.2) is 0 Å². The molecule has 0 unspecified atom stereocenters. The van der Waals surface area contributed by atoms with Crippen LogP contribution < -0.4 is 0 Å². The molecular formula is C7H11ClO2. The van der Waals surface area contributed by atoms with E-state index in [9.17, 15) is 9.59 Å². The molecule has 0 amide bonds. The van der Waals surface area contributed by atoms with Gasteiger partial charge in [-0.3, -0.25) is 0 Å². The van der Waals surface area contributed by atoms with Gasteiger partial charge < -0.3 is 9.59 Å². The molecule has 3 heteroatoms. The van der Waals surface area contributed by atoms with Crippen molar-refractivity contribution in [3.05, 3.63) is 0 Å². The first kappa shape index (κ1) is 9.63. The Morgan fingerprint density at radius 1 is 1.70 bits per heavy atom. The van der Waals surface area contributed by atoms with E-state index >= 15 is 0 Å². The fourth-order valence-electron chi connectivity index (χ4n) is 0.614. The molecule has 0 heterocycles. The van der Waals surface area contributed by atoms with Gasteiger partial charge in [0.25, 0.3) is 0 Å². The molecule has 0 spiro atoms. The van der Waals surface area contributed by atoms with E-state index in [1.807, 2.05) is 0 Å². The number of ketones is 1. The van der Waals surface area contributed by atoms with E-state index < -0.39 is 5.38 Å². The van der Waals surface area contributed by atoms with Crippen LogP contribution in [0, 0.1) is 0 Å². The van der Waals surface area contributed by atoms with Crippen LogP contribution in [0.5, 0.6) is 0 Å². The predicted molar refractivity (Wildman–Crippen MR) is 40.2 cm³/mol. The van der Waals surface area contributed by atoms with Gasteiger partial charge in [0.2, 0.25) is 0 Å². The topological polar surface area (TPSA) is 34.1 Å². The Labute approximate surface area is 65.6 Å². The molecule has 0 aromatic heterocycles. The zero-order valence-electron chi connectivity index (χ0n) is 5.97. The molecule has 58 valence electrons. The third-order valence-electron chi connectivity index (χ3n) is 1.16. The highest BCUT2D eigenvalue weighted by molar-refractivity contribution is 6.27. The first-order chi connectivity index (χ1) is 4.66. The molecule has 0 aromatic rings. The van der Waals surface area contributed by atoms with Gasteiger partial charge in [-0.1, -0.05) is 0 Å². The number of Topliss-reactive ketones (excluding diaryl/α,β-unsaturated/α-hetero) is 1. The SMILES string of the molecule is CC(=O)CCC[C@H](Cl)C=O. The Kier molecular flexibility index (Phi) is 5.22. The number of rotatable bonds is 5. The lowest BCUT2D eigenvalue weighted by Gasteiger charge is -1.97. The number of hydrogen-bond donors (Lipinski definition) is 0. The second kappa shape index (κ2) is 5.42. The molecule has 0 aliphatic rings. The highest BCUT2D eigenvalue weighted by Gasteiger charge is 2.01. The predicted octanol–water partition coefficient (Wildman–Crippen LogP) is 1.55. The smallest absolute Gasteiger partial charge is 0.137 e. The number of hydrogen-bond acceptors (Lipinski definition) is 2. The zero-order chi connectivity index (χ0) is 7.98. The molecule has 0 aliphatic heterocycles. The van der Waals surface area contributed by atoms with Gasteiger partial charge in [0.1, 0.15) is 12.1 Å². The average molecular weight is 163 g/mol. The molecule has 0 radical (unpaired) electrons. The summed E-state index contributed by atoms with van der Waals surface area (Å²) in [5.41, 5.74) is 0. The van der Waals surface area contributed by atoms with Crippen molar-refractivity contribution in [3.8, 4) is 0 Å². The number of aldehydes is 1. The van der Waals surface area contributed by atoms with Crippen LogP contribution in [-0.4, -0.2) is 17.4 Å². The van der Waals surface area contributed by atoms with Crippen LogP contribution in [0.2, 0.25) is 0 Å². The summed E-state index contributed by atoms with van der Waals surface area (Å²) in [6.45, 7) is 1.53. The Hall–Kier alpha value is -0.370. The summed E-state index contributed by atoms with van der Waals surface area (Å²) in [6, 6.07) is 0. The quantitative estimate of drug-likeness (QED) is 0.454. The van der Waals surface area contributed by atoms with Crippen molar-refractivity contribution in [3.63, 3.8) is 0 Å². The fraction of sp³-hybridized carbons (Fsp3) is 0.714. The minimum Gasteiger partial charge on any atom is -0.302 e. The average Bonchev–Trinajstić information content (AvgIpc) is 1.87. The maximum Gasteiger partial charge on any atom is 0.137 e. The van der Waals surface area contributed by atoms with E-state index in [0.29, 0.717) is 25.5 Å². The lowest BCUT2D eigenvalue weighted by atomic mass is 10.1. The van der Waals surface area contributed by atoms with Crippen LogP contribution in [-0.2, 0) is 9.59 Å². The summed E-state index contributed by atoms with van der Waals surface area (Å²) in [6.07, 6.45) is 2.53. The van der Waals surface area contributed by atoms with Crippen LogP contribution in [0.25, 0.3) is 0 Å². The maximum absolute atomic E-state index is 10.4. The monoisotopic (exact) mass is 162 g/mol. The van der Waals surface area contributed by atoms with E-state index in [1.165, 1.54) is 6.92 Å². The number of carbonyl (C=O) groups excluding carboxylic acids is 2. The number of alkyl halides is 1. The van der Waals surface area contributed by atoms with E-state index in [0.717, 1.165) is 0 Å². The first-order valence-corrected chi connectivity index (χ1v) is 3.69. The van der Waals surface area contributed by atoms with E-state index in [2.05, 4.69) is 0 Å². The number of halogens is 1. The van der Waals surface area contributed by atoms with Crippen molar-refractivity contribution in [2.45, 2.75) is 31.6 Å². The Balaban J connectivity index is 3.19. The Bertz CT molecular complexity index is 123. The van der Waals surface area contributed by atoms with Crippen LogP contribution in [0.4, 0.5) is 0 Å². The second-order valence-electron chi connectivity index (χ2n) is 2.25. The molecule has 0 saturated heterocycles. The summed E-state index contributed by atoms with van der Waals surface area (Å²) in [5.74, 6) is 0.148. The lowest BCUT2D eigenvalue weighted by Crippen LogP contribution is -2.00. The van der Waals surface area contributed by atoms with Crippen molar-refractivity contribution < 1.29 is 9.59 Å². The standard InChI is InChI=1S/C7H11ClO2/c1-6(10)3-2-4-7(8)5-9/h5,7H,2-4H2,1H3/t7-/m0/s1. The molecule has 0 aromatic carbocycles. The zero-order valence-corrected chi connectivity index (χ0v) is 6.73. The fourth-order valence-corrected chi connectivity index (χ4v) is 0.768. The summed E-state index contributed by atoms with van der Waals surface area (Å²) >= 11 is 5.47. The minimum absolute atomic E-state index is 0.148. The van der Waals surface area contributed by atoms with Crippen molar-refractivity contribution in [1.82, 2.24) is 0 Å². The molecule has 0 aliphatic carbocycles. The van der Waals surface area contributed by atoms with Crippen LogP contribution in [0.15, 0.2) is 0 Å². The van der Waals surface area contributed by atoms with Gasteiger partial charge in [0, 0.05) is 6.42 Å². The van der Waals surface area contributed by atoms with Gasteiger partial charge in [-0.2, -0.15) is 0 Å². The molecule has 0 fully saturated rings. The Morgan fingerprint density at radius 3 is 2.70 bits per heavy atom. The van der Waals surface area contributed by atoms with E-state index in [4.69, 9.17) is 11.6 Å². The lowest BCUT2D eigenvalue weighted by molar-refractivity contribution is -0.117. The molecule has 1 atom stereocenters. The highest BCUT2D eigenvalue weighted by atomic mass is 35.5.